The molecule has 1 fully saturated rings. The van der Waals surface area contributed by atoms with Crippen LogP contribution in [-0.2, 0) is 21.2 Å². The minimum absolute atomic E-state index is 0.0552. The number of H-pyrrole nitrogens is 1. The zero-order chi connectivity index (χ0) is 24.1. The number of benzene rings is 2. The van der Waals surface area contributed by atoms with Gasteiger partial charge in [0.15, 0.2) is 0 Å². The van der Waals surface area contributed by atoms with Crippen LogP contribution in [0.1, 0.15) is 63.4 Å². The van der Waals surface area contributed by atoms with E-state index in [0.29, 0.717) is 30.8 Å². The molecule has 0 spiro atoms. The molecule has 0 bridgehead atoms. The van der Waals surface area contributed by atoms with E-state index >= 15 is 0 Å². The quantitative estimate of drug-likeness (QED) is 0.492. The van der Waals surface area contributed by atoms with Gasteiger partial charge in [-0.1, -0.05) is 51.0 Å². The van der Waals surface area contributed by atoms with E-state index in [-0.39, 0.29) is 17.9 Å². The fraction of sp³-hybridized carbons (Fsp3) is 0.462. The summed E-state index contributed by atoms with van der Waals surface area (Å²) < 4.78 is 27.5. The molecule has 0 radical (unpaired) electrons. The molecule has 2 aromatic carbocycles. The highest BCUT2D eigenvalue weighted by Gasteiger charge is 2.25. The Morgan fingerprint density at radius 3 is 2.35 bits per heavy atom. The van der Waals surface area contributed by atoms with Crippen LogP contribution in [0.25, 0.3) is 11.0 Å². The van der Waals surface area contributed by atoms with Crippen molar-refractivity contribution in [3.05, 3.63) is 59.9 Å². The average molecular weight is 483 g/mol. The number of imidazole rings is 1. The lowest BCUT2D eigenvalue weighted by atomic mass is 10.0. The summed E-state index contributed by atoms with van der Waals surface area (Å²) in [6, 6.07) is 14.6. The van der Waals surface area contributed by atoms with Crippen LogP contribution in [0, 0.1) is 5.92 Å². The molecule has 4 rings (SSSR count). The van der Waals surface area contributed by atoms with Crippen molar-refractivity contribution in [2.45, 2.75) is 63.3 Å². The van der Waals surface area contributed by atoms with E-state index in [1.54, 1.807) is 16.4 Å². The van der Waals surface area contributed by atoms with Gasteiger partial charge < -0.3 is 10.3 Å². The molecule has 1 atom stereocenters. The highest BCUT2D eigenvalue weighted by atomic mass is 32.2. The first-order valence-corrected chi connectivity index (χ1v) is 13.6. The van der Waals surface area contributed by atoms with Crippen LogP contribution in [0.2, 0.25) is 0 Å². The molecule has 2 N–H and O–H groups in total. The minimum atomic E-state index is -3.46. The van der Waals surface area contributed by atoms with Crippen LogP contribution in [0.5, 0.6) is 0 Å². The average Bonchev–Trinajstić information content (AvgIpc) is 3.05. The summed E-state index contributed by atoms with van der Waals surface area (Å²) in [5.41, 5.74) is 2.77. The summed E-state index contributed by atoms with van der Waals surface area (Å²) >= 11 is 0. The second kappa shape index (κ2) is 10.7. The molecule has 0 saturated carbocycles. The Morgan fingerprint density at radius 2 is 1.71 bits per heavy atom. The molecule has 1 saturated heterocycles. The monoisotopic (exact) mass is 482 g/mol. The highest BCUT2D eigenvalue weighted by Crippen LogP contribution is 2.23. The summed E-state index contributed by atoms with van der Waals surface area (Å²) in [6.45, 7) is 5.29. The number of hydrogen-bond acceptors (Lipinski definition) is 4. The number of fused-ring (bicyclic) bond motifs is 1. The fourth-order valence-electron chi connectivity index (χ4n) is 4.43. The van der Waals surface area contributed by atoms with Crippen molar-refractivity contribution >= 4 is 27.0 Å². The smallest absolute Gasteiger partial charge is 0.243 e. The molecule has 34 heavy (non-hydrogen) atoms. The molecule has 1 aliphatic heterocycles. The summed E-state index contributed by atoms with van der Waals surface area (Å²) in [5, 5.41) is 3.11. The third-order valence-corrected chi connectivity index (χ3v) is 8.37. The molecule has 2 heterocycles. The number of sulfonamides is 1. The van der Waals surface area contributed by atoms with Gasteiger partial charge in [-0.25, -0.2) is 13.4 Å². The Kier molecular flexibility index (Phi) is 7.68. The van der Waals surface area contributed by atoms with Crippen molar-refractivity contribution < 1.29 is 13.2 Å². The van der Waals surface area contributed by atoms with Crippen LogP contribution in [-0.4, -0.2) is 41.7 Å². The van der Waals surface area contributed by atoms with Gasteiger partial charge in [-0.05, 0) is 55.0 Å². The van der Waals surface area contributed by atoms with E-state index < -0.39 is 10.0 Å². The lowest BCUT2D eigenvalue weighted by molar-refractivity contribution is -0.122. The normalized spacial score (nSPS) is 16.4. The molecular weight excluding hydrogens is 448 g/mol. The third-order valence-electron chi connectivity index (χ3n) is 6.45. The van der Waals surface area contributed by atoms with Crippen LogP contribution >= 0.6 is 0 Å². The number of nitrogens with zero attached hydrogens (tertiary/aromatic N) is 2. The lowest BCUT2D eigenvalue weighted by Gasteiger charge is -2.20. The van der Waals surface area contributed by atoms with E-state index in [2.05, 4.69) is 29.1 Å². The Balaban J connectivity index is 1.36. The van der Waals surface area contributed by atoms with Crippen LogP contribution in [0.3, 0.4) is 0 Å². The van der Waals surface area contributed by atoms with Crippen molar-refractivity contribution in [2.24, 2.45) is 5.92 Å². The van der Waals surface area contributed by atoms with Gasteiger partial charge in [0.05, 0.1) is 22.0 Å². The van der Waals surface area contributed by atoms with Gasteiger partial charge in [-0.3, -0.25) is 4.79 Å². The third kappa shape index (κ3) is 5.67. The highest BCUT2D eigenvalue weighted by molar-refractivity contribution is 7.89. The number of rotatable bonds is 8. The molecule has 1 amide bonds. The summed E-state index contributed by atoms with van der Waals surface area (Å²) in [4.78, 5) is 21.0. The molecule has 1 unspecified atom stereocenters. The maximum atomic E-state index is 13.0. The predicted octanol–water partition coefficient (Wildman–Crippen LogP) is 4.57. The van der Waals surface area contributed by atoms with E-state index in [1.807, 2.05) is 36.4 Å². The van der Waals surface area contributed by atoms with E-state index in [1.165, 1.54) is 0 Å². The van der Waals surface area contributed by atoms with Crippen LogP contribution in [0.4, 0.5) is 0 Å². The molecule has 0 aliphatic carbocycles. The second-order valence-corrected chi connectivity index (χ2v) is 11.3. The number of carbonyl (C=O) groups is 1. The van der Waals surface area contributed by atoms with Gasteiger partial charge in [0, 0.05) is 19.5 Å². The molecule has 8 heteroatoms. The Hall–Kier alpha value is -2.71. The standard InChI is InChI=1S/C26H34N4O3S/c1-19(2)25(26-27-22-9-5-6-10-23(22)28-26)29-24(31)16-13-20-11-14-21(15-12-20)34(32,33)30-17-7-3-4-8-18-30/h5-6,9-12,14-15,19,25H,3-4,7-8,13,16-18H2,1-2H3,(H,27,28)(H,29,31). The second-order valence-electron chi connectivity index (χ2n) is 9.39. The first-order valence-electron chi connectivity index (χ1n) is 12.2. The number of aromatic amines is 1. The summed E-state index contributed by atoms with van der Waals surface area (Å²) in [6.07, 6.45) is 4.86. The molecule has 182 valence electrons. The van der Waals surface area contributed by atoms with Crippen LogP contribution < -0.4 is 5.32 Å². The number of para-hydroxylation sites is 2. The fourth-order valence-corrected chi connectivity index (χ4v) is 5.95. The molecule has 1 aromatic heterocycles. The largest absolute Gasteiger partial charge is 0.346 e. The molecule has 3 aromatic rings. The molecule has 7 nitrogen and oxygen atoms in total. The lowest BCUT2D eigenvalue weighted by Crippen LogP contribution is -2.32. The predicted molar refractivity (Wildman–Crippen MR) is 134 cm³/mol. The van der Waals surface area contributed by atoms with Gasteiger partial charge in [-0.2, -0.15) is 4.31 Å². The van der Waals surface area contributed by atoms with Gasteiger partial charge in [0.25, 0.3) is 0 Å². The first-order chi connectivity index (χ1) is 16.3. The topological polar surface area (TPSA) is 95.2 Å². The van der Waals surface area contributed by atoms with Gasteiger partial charge in [-0.15, -0.1) is 0 Å². The zero-order valence-electron chi connectivity index (χ0n) is 20.0. The Bertz CT molecular complexity index is 1180. The number of aryl methyl sites for hydroxylation is 1. The van der Waals surface area contributed by atoms with E-state index in [4.69, 9.17) is 0 Å². The molecule has 1 aliphatic rings. The summed E-state index contributed by atoms with van der Waals surface area (Å²) in [7, 11) is -3.46. The SMILES string of the molecule is CC(C)C(NC(=O)CCc1ccc(S(=O)(=O)N2CCCCCC2)cc1)c1nc2ccccc2[nH]1. The maximum absolute atomic E-state index is 13.0. The van der Waals surface area contributed by atoms with Crippen molar-refractivity contribution in [3.63, 3.8) is 0 Å². The van der Waals surface area contributed by atoms with Crippen LogP contribution in [0.15, 0.2) is 53.4 Å². The van der Waals surface area contributed by atoms with Gasteiger partial charge in [0.2, 0.25) is 15.9 Å². The number of carbonyl (C=O) groups excluding carboxylic acids is 1. The van der Waals surface area contributed by atoms with Gasteiger partial charge >= 0.3 is 0 Å². The number of nitrogens with one attached hydrogen (secondary N) is 2. The van der Waals surface area contributed by atoms with Crippen molar-refractivity contribution in [2.75, 3.05) is 13.1 Å². The number of aromatic nitrogens is 2. The van der Waals surface area contributed by atoms with Crippen molar-refractivity contribution in [3.8, 4) is 0 Å². The molecular formula is C26H34N4O3S. The number of amides is 1. The first kappa shape index (κ1) is 24.4. The maximum Gasteiger partial charge on any atom is 0.243 e. The van der Waals surface area contributed by atoms with Crippen molar-refractivity contribution in [1.29, 1.82) is 0 Å². The van der Waals surface area contributed by atoms with E-state index in [9.17, 15) is 13.2 Å². The Morgan fingerprint density at radius 1 is 1.03 bits per heavy atom. The Labute approximate surface area is 202 Å². The zero-order valence-corrected chi connectivity index (χ0v) is 20.8. The van der Waals surface area contributed by atoms with Gasteiger partial charge in [0.1, 0.15) is 5.82 Å². The number of hydrogen-bond donors (Lipinski definition) is 2. The van der Waals surface area contributed by atoms with E-state index in [0.717, 1.165) is 48.1 Å². The summed E-state index contributed by atoms with van der Waals surface area (Å²) in [5.74, 6) is 0.876. The minimum Gasteiger partial charge on any atom is -0.346 e. The van der Waals surface area contributed by atoms with Crippen molar-refractivity contribution in [1.82, 2.24) is 19.6 Å².